The van der Waals surface area contributed by atoms with Gasteiger partial charge in [0.2, 0.25) is 5.91 Å². The van der Waals surface area contributed by atoms with Crippen LogP contribution in [0, 0.1) is 11.2 Å². The summed E-state index contributed by atoms with van der Waals surface area (Å²) in [5.41, 5.74) is 1.45. The van der Waals surface area contributed by atoms with Crippen molar-refractivity contribution in [3.63, 3.8) is 0 Å². The lowest BCUT2D eigenvalue weighted by Gasteiger charge is -2.26. The molecule has 1 heterocycles. The maximum absolute atomic E-state index is 14.1. The standard InChI is InChI=1S/C21H25FN2O4S/c1-5-28-19-9-8-16(13-17(19)22)29(26,27)23-15-7-6-14-10-11-24(18(14)12-15)20(25)21(2,3)4/h6-9,12-13,23H,5,10-11H2,1-4H3. The fraction of sp³-hybridized carbons (Fsp3) is 0.381. The Morgan fingerprint density at radius 2 is 1.93 bits per heavy atom. The maximum Gasteiger partial charge on any atom is 0.262 e. The Morgan fingerprint density at radius 3 is 2.55 bits per heavy atom. The number of sulfonamides is 1. The number of hydrogen-bond donors (Lipinski definition) is 1. The minimum atomic E-state index is -4.00. The molecule has 29 heavy (non-hydrogen) atoms. The number of rotatable bonds is 5. The number of amides is 1. The summed E-state index contributed by atoms with van der Waals surface area (Å²) in [6.45, 7) is 8.10. The molecule has 1 N–H and O–H groups in total. The predicted octanol–water partition coefficient (Wildman–Crippen LogP) is 3.96. The van der Waals surface area contributed by atoms with Gasteiger partial charge in [0.25, 0.3) is 10.0 Å². The van der Waals surface area contributed by atoms with Crippen molar-refractivity contribution >= 4 is 27.3 Å². The number of nitrogens with one attached hydrogen (secondary N) is 1. The van der Waals surface area contributed by atoms with Gasteiger partial charge in [-0.2, -0.15) is 0 Å². The van der Waals surface area contributed by atoms with Crippen LogP contribution in [0.5, 0.6) is 5.75 Å². The van der Waals surface area contributed by atoms with E-state index in [1.807, 2.05) is 26.8 Å². The van der Waals surface area contributed by atoms with E-state index in [2.05, 4.69) is 4.72 Å². The Hall–Kier alpha value is -2.61. The van der Waals surface area contributed by atoms with Crippen LogP contribution in [-0.2, 0) is 21.2 Å². The summed E-state index contributed by atoms with van der Waals surface area (Å²) in [5, 5.41) is 0. The number of hydrogen-bond acceptors (Lipinski definition) is 4. The van der Waals surface area contributed by atoms with Gasteiger partial charge in [-0.15, -0.1) is 0 Å². The van der Waals surface area contributed by atoms with Gasteiger partial charge >= 0.3 is 0 Å². The van der Waals surface area contributed by atoms with Gasteiger partial charge in [0.15, 0.2) is 11.6 Å². The predicted molar refractivity (Wildman–Crippen MR) is 110 cm³/mol. The molecule has 2 aromatic rings. The minimum Gasteiger partial charge on any atom is -0.491 e. The molecule has 1 aliphatic heterocycles. The van der Waals surface area contributed by atoms with Crippen LogP contribution in [0.2, 0.25) is 0 Å². The summed E-state index contributed by atoms with van der Waals surface area (Å²) in [7, 11) is -4.00. The lowest BCUT2D eigenvalue weighted by molar-refractivity contribution is -0.125. The number of halogens is 1. The average Bonchev–Trinajstić information content (AvgIpc) is 3.04. The highest BCUT2D eigenvalue weighted by Gasteiger charge is 2.32. The van der Waals surface area contributed by atoms with Crippen molar-refractivity contribution < 1.29 is 22.3 Å². The summed E-state index contributed by atoms with van der Waals surface area (Å²) >= 11 is 0. The highest BCUT2D eigenvalue weighted by molar-refractivity contribution is 7.92. The van der Waals surface area contributed by atoms with E-state index in [1.54, 1.807) is 24.0 Å². The second kappa shape index (κ2) is 7.67. The third kappa shape index (κ3) is 4.37. The Morgan fingerprint density at radius 1 is 1.21 bits per heavy atom. The molecule has 1 aliphatic rings. The number of carbonyl (C=O) groups is 1. The van der Waals surface area contributed by atoms with Gasteiger partial charge in [0.1, 0.15) is 0 Å². The molecule has 1 amide bonds. The van der Waals surface area contributed by atoms with Crippen molar-refractivity contribution in [2.75, 3.05) is 22.8 Å². The highest BCUT2D eigenvalue weighted by atomic mass is 32.2. The van der Waals surface area contributed by atoms with E-state index >= 15 is 0 Å². The lowest BCUT2D eigenvalue weighted by Crippen LogP contribution is -2.38. The molecule has 3 rings (SSSR count). The quantitative estimate of drug-likeness (QED) is 0.794. The van der Waals surface area contributed by atoms with Gasteiger partial charge in [-0.05, 0) is 49.2 Å². The molecule has 156 valence electrons. The van der Waals surface area contributed by atoms with Gasteiger partial charge in [-0.1, -0.05) is 26.8 Å². The first-order valence-electron chi connectivity index (χ1n) is 9.43. The number of anilines is 2. The van der Waals surface area contributed by atoms with E-state index in [0.29, 0.717) is 24.3 Å². The largest absolute Gasteiger partial charge is 0.491 e. The SMILES string of the molecule is CCOc1ccc(S(=O)(=O)Nc2ccc3c(c2)N(C(=O)C(C)(C)C)CC3)cc1F. The van der Waals surface area contributed by atoms with Crippen LogP contribution < -0.4 is 14.4 Å². The summed E-state index contributed by atoms with van der Waals surface area (Å²) in [5.74, 6) is -0.768. The summed E-state index contributed by atoms with van der Waals surface area (Å²) < 4.78 is 47.0. The molecule has 0 saturated carbocycles. The normalized spacial score (nSPS) is 13.9. The van der Waals surface area contributed by atoms with Crippen molar-refractivity contribution in [2.24, 2.45) is 5.41 Å². The van der Waals surface area contributed by atoms with Gasteiger partial charge in [-0.3, -0.25) is 9.52 Å². The molecule has 6 nitrogen and oxygen atoms in total. The second-order valence-corrected chi connectivity index (χ2v) is 9.61. The summed E-state index contributed by atoms with van der Waals surface area (Å²) in [4.78, 5) is 14.2. The Labute approximate surface area is 170 Å². The summed E-state index contributed by atoms with van der Waals surface area (Å²) in [6.07, 6.45) is 0.717. The zero-order chi connectivity index (χ0) is 21.4. The van der Waals surface area contributed by atoms with Crippen LogP contribution in [0.15, 0.2) is 41.3 Å². The number of benzene rings is 2. The van der Waals surface area contributed by atoms with Crippen molar-refractivity contribution in [3.8, 4) is 5.75 Å². The van der Waals surface area contributed by atoms with Crippen molar-refractivity contribution in [1.82, 2.24) is 0 Å². The fourth-order valence-corrected chi connectivity index (χ4v) is 4.25. The van der Waals surface area contributed by atoms with E-state index < -0.39 is 21.3 Å². The monoisotopic (exact) mass is 420 g/mol. The molecule has 8 heteroatoms. The molecule has 0 aromatic heterocycles. The molecule has 0 spiro atoms. The summed E-state index contributed by atoms with van der Waals surface area (Å²) in [6, 6.07) is 8.61. The van der Waals surface area contributed by atoms with Crippen molar-refractivity contribution in [1.29, 1.82) is 0 Å². The smallest absolute Gasteiger partial charge is 0.262 e. The third-order valence-corrected chi connectivity index (χ3v) is 6.01. The molecule has 0 atom stereocenters. The number of ether oxygens (including phenoxy) is 1. The van der Waals surface area contributed by atoms with Gasteiger partial charge in [-0.25, -0.2) is 12.8 Å². The average molecular weight is 421 g/mol. The zero-order valence-electron chi connectivity index (χ0n) is 17.0. The first kappa shape index (κ1) is 21.1. The van der Waals surface area contributed by atoms with E-state index in [0.717, 1.165) is 11.6 Å². The van der Waals surface area contributed by atoms with Crippen LogP contribution >= 0.6 is 0 Å². The van der Waals surface area contributed by atoms with E-state index in [9.17, 15) is 17.6 Å². The lowest BCUT2D eigenvalue weighted by atomic mass is 9.94. The fourth-order valence-electron chi connectivity index (χ4n) is 3.19. The van der Waals surface area contributed by atoms with Gasteiger partial charge in [0.05, 0.1) is 17.2 Å². The molecule has 0 fully saturated rings. The van der Waals surface area contributed by atoms with E-state index in [1.165, 1.54) is 12.1 Å². The molecule has 0 aliphatic carbocycles. The van der Waals surface area contributed by atoms with Crippen LogP contribution in [0.3, 0.4) is 0 Å². The number of nitrogens with zero attached hydrogens (tertiary/aromatic N) is 1. The van der Waals surface area contributed by atoms with Crippen LogP contribution in [0.25, 0.3) is 0 Å². The molecular weight excluding hydrogens is 395 g/mol. The second-order valence-electron chi connectivity index (χ2n) is 7.93. The van der Waals surface area contributed by atoms with Gasteiger partial charge in [0, 0.05) is 17.6 Å². The molecule has 0 radical (unpaired) electrons. The van der Waals surface area contributed by atoms with Crippen LogP contribution in [0.4, 0.5) is 15.8 Å². The van der Waals surface area contributed by atoms with E-state index in [-0.39, 0.29) is 23.2 Å². The van der Waals surface area contributed by atoms with Crippen molar-refractivity contribution in [2.45, 2.75) is 39.0 Å². The third-order valence-electron chi connectivity index (χ3n) is 4.63. The van der Waals surface area contributed by atoms with Crippen LogP contribution in [-0.4, -0.2) is 27.5 Å². The Kier molecular flexibility index (Phi) is 5.58. The molecule has 0 bridgehead atoms. The van der Waals surface area contributed by atoms with Crippen LogP contribution in [0.1, 0.15) is 33.3 Å². The minimum absolute atomic E-state index is 0.000292. The highest BCUT2D eigenvalue weighted by Crippen LogP contribution is 2.34. The van der Waals surface area contributed by atoms with Crippen molar-refractivity contribution in [3.05, 3.63) is 47.8 Å². The first-order chi connectivity index (χ1) is 13.5. The Balaban J connectivity index is 1.88. The molecule has 2 aromatic carbocycles. The van der Waals surface area contributed by atoms with Gasteiger partial charge < -0.3 is 9.64 Å². The zero-order valence-corrected chi connectivity index (χ0v) is 17.8. The number of fused-ring (bicyclic) bond motifs is 1. The van der Waals surface area contributed by atoms with E-state index in [4.69, 9.17) is 4.74 Å². The molecule has 0 unspecified atom stereocenters. The maximum atomic E-state index is 14.1. The molecular formula is C21H25FN2O4S. The first-order valence-corrected chi connectivity index (χ1v) is 10.9. The topological polar surface area (TPSA) is 75.7 Å². The molecule has 0 saturated heterocycles. The Bertz CT molecular complexity index is 1050. The number of carbonyl (C=O) groups excluding carboxylic acids is 1.